The Morgan fingerprint density at radius 1 is 1.45 bits per heavy atom. The number of carbonyl (C=O) groups excluding carboxylic acids is 1. The summed E-state index contributed by atoms with van der Waals surface area (Å²) in [5.41, 5.74) is 0.500. The summed E-state index contributed by atoms with van der Waals surface area (Å²) in [6, 6.07) is 6.48. The highest BCUT2D eigenvalue weighted by atomic mass is 19.1. The Morgan fingerprint density at radius 3 is 2.75 bits per heavy atom. The summed E-state index contributed by atoms with van der Waals surface area (Å²) < 4.78 is 19.2. The molecule has 1 N–H and O–H groups in total. The fraction of sp³-hybridized carbons (Fsp3) is 0.533. The number of methoxy groups -OCH3 is 1. The van der Waals surface area contributed by atoms with Crippen molar-refractivity contribution in [3.63, 3.8) is 0 Å². The van der Waals surface area contributed by atoms with Crippen LogP contribution in [0.2, 0.25) is 0 Å². The van der Waals surface area contributed by atoms with Crippen molar-refractivity contribution in [2.45, 2.75) is 26.1 Å². The van der Waals surface area contributed by atoms with Gasteiger partial charge in [-0.2, -0.15) is 0 Å². The van der Waals surface area contributed by atoms with Gasteiger partial charge in [-0.25, -0.2) is 4.39 Å². The van der Waals surface area contributed by atoms with E-state index in [1.54, 1.807) is 30.2 Å². The van der Waals surface area contributed by atoms with E-state index in [2.05, 4.69) is 5.32 Å². The maximum Gasteiger partial charge on any atom is 0.238 e. The maximum atomic E-state index is 14.0. The van der Waals surface area contributed by atoms with Crippen LogP contribution >= 0.6 is 0 Å². The van der Waals surface area contributed by atoms with Crippen LogP contribution in [-0.2, 0) is 9.53 Å². The van der Waals surface area contributed by atoms with Crippen molar-refractivity contribution in [1.82, 2.24) is 10.2 Å². The Morgan fingerprint density at radius 2 is 2.15 bits per heavy atom. The van der Waals surface area contributed by atoms with E-state index in [-0.39, 0.29) is 30.2 Å². The van der Waals surface area contributed by atoms with Crippen molar-refractivity contribution in [2.75, 3.05) is 20.3 Å². The summed E-state index contributed by atoms with van der Waals surface area (Å²) in [5, 5.41) is 3.09. The molecule has 1 fully saturated rings. The lowest BCUT2D eigenvalue weighted by Gasteiger charge is -2.35. The molecule has 0 spiro atoms. The minimum Gasteiger partial charge on any atom is -0.383 e. The molecule has 1 heterocycles. The molecule has 0 saturated carbocycles. The Labute approximate surface area is 118 Å². The first-order chi connectivity index (χ1) is 9.56. The van der Waals surface area contributed by atoms with E-state index in [0.29, 0.717) is 12.2 Å². The molecule has 2 atom stereocenters. The van der Waals surface area contributed by atoms with Crippen molar-refractivity contribution < 1.29 is 13.9 Å². The van der Waals surface area contributed by atoms with E-state index in [0.717, 1.165) is 0 Å². The van der Waals surface area contributed by atoms with E-state index in [9.17, 15) is 9.18 Å². The van der Waals surface area contributed by atoms with Gasteiger partial charge < -0.3 is 9.64 Å². The van der Waals surface area contributed by atoms with Crippen LogP contribution in [0.1, 0.15) is 25.6 Å². The first-order valence-corrected chi connectivity index (χ1v) is 6.84. The number of hydrogen-bond donors (Lipinski definition) is 1. The Kier molecular flexibility index (Phi) is 4.73. The quantitative estimate of drug-likeness (QED) is 0.896. The third-order valence-corrected chi connectivity index (χ3v) is 3.68. The summed E-state index contributed by atoms with van der Waals surface area (Å²) in [4.78, 5) is 13.9. The second-order valence-corrected chi connectivity index (χ2v) is 5.37. The minimum atomic E-state index is -0.425. The number of hydrogen-bond acceptors (Lipinski definition) is 3. The monoisotopic (exact) mass is 280 g/mol. The number of carbonyl (C=O) groups is 1. The van der Waals surface area contributed by atoms with Crippen LogP contribution in [0.25, 0.3) is 0 Å². The van der Waals surface area contributed by atoms with Crippen LogP contribution in [0.15, 0.2) is 24.3 Å². The highest BCUT2D eigenvalue weighted by Gasteiger charge is 2.38. The van der Waals surface area contributed by atoms with Crippen molar-refractivity contribution in [2.24, 2.45) is 5.92 Å². The van der Waals surface area contributed by atoms with Crippen LogP contribution in [0.5, 0.6) is 0 Å². The summed E-state index contributed by atoms with van der Waals surface area (Å²) >= 11 is 0. The van der Waals surface area contributed by atoms with Gasteiger partial charge in [0.1, 0.15) is 12.0 Å². The number of benzene rings is 1. The number of rotatable bonds is 5. The number of halogens is 1. The summed E-state index contributed by atoms with van der Waals surface area (Å²) in [5.74, 6) is -0.0910. The minimum absolute atomic E-state index is 0.0194. The van der Waals surface area contributed by atoms with Crippen LogP contribution in [0.3, 0.4) is 0 Å². The van der Waals surface area contributed by atoms with Gasteiger partial charge in [-0.1, -0.05) is 32.0 Å². The Balaban J connectivity index is 2.33. The van der Waals surface area contributed by atoms with Gasteiger partial charge in [0, 0.05) is 12.7 Å². The first-order valence-electron chi connectivity index (χ1n) is 6.84. The van der Waals surface area contributed by atoms with E-state index >= 15 is 0 Å². The van der Waals surface area contributed by atoms with Gasteiger partial charge >= 0.3 is 0 Å². The highest BCUT2D eigenvalue weighted by molar-refractivity contribution is 5.81. The molecule has 110 valence electrons. The number of amides is 1. The van der Waals surface area contributed by atoms with Crippen LogP contribution in [-0.4, -0.2) is 37.1 Å². The highest BCUT2D eigenvalue weighted by Crippen LogP contribution is 2.29. The van der Waals surface area contributed by atoms with E-state index in [1.165, 1.54) is 6.07 Å². The molecule has 5 heteroatoms. The predicted octanol–water partition coefficient (Wildman–Crippen LogP) is 1.93. The van der Waals surface area contributed by atoms with Crippen LogP contribution in [0, 0.1) is 11.7 Å². The Bertz CT molecular complexity index is 479. The third kappa shape index (κ3) is 2.83. The normalized spacial score (nSPS) is 20.8. The molecule has 2 unspecified atom stereocenters. The van der Waals surface area contributed by atoms with E-state index in [4.69, 9.17) is 4.74 Å². The van der Waals surface area contributed by atoms with Gasteiger partial charge in [-0.05, 0) is 12.0 Å². The van der Waals surface area contributed by atoms with Crippen LogP contribution < -0.4 is 5.32 Å². The number of ether oxygens (including phenoxy) is 1. The van der Waals surface area contributed by atoms with Crippen molar-refractivity contribution in [1.29, 1.82) is 0 Å². The van der Waals surface area contributed by atoms with Gasteiger partial charge in [-0.3, -0.25) is 10.1 Å². The molecule has 0 bridgehead atoms. The first kappa shape index (κ1) is 14.9. The molecule has 1 aromatic rings. The van der Waals surface area contributed by atoms with E-state index < -0.39 is 6.17 Å². The predicted molar refractivity (Wildman–Crippen MR) is 74.5 cm³/mol. The van der Waals surface area contributed by atoms with Gasteiger partial charge in [0.25, 0.3) is 0 Å². The largest absolute Gasteiger partial charge is 0.383 e. The molecule has 0 radical (unpaired) electrons. The molecular formula is C15H21FN2O2. The fourth-order valence-electron chi connectivity index (χ4n) is 2.62. The molecule has 20 heavy (non-hydrogen) atoms. The molecule has 1 amide bonds. The smallest absolute Gasteiger partial charge is 0.238 e. The molecule has 0 aromatic heterocycles. The molecule has 0 aliphatic carbocycles. The lowest BCUT2D eigenvalue weighted by Crippen LogP contribution is -2.45. The molecule has 1 aliphatic heterocycles. The average Bonchev–Trinajstić information content (AvgIpc) is 2.78. The third-order valence-electron chi connectivity index (χ3n) is 3.68. The fourth-order valence-corrected chi connectivity index (χ4v) is 2.62. The topological polar surface area (TPSA) is 41.6 Å². The average molecular weight is 280 g/mol. The van der Waals surface area contributed by atoms with Crippen molar-refractivity contribution in [3.05, 3.63) is 35.6 Å². The summed E-state index contributed by atoms with van der Waals surface area (Å²) in [7, 11) is 1.61. The Hall–Kier alpha value is -1.46. The van der Waals surface area contributed by atoms with Gasteiger partial charge in [0.15, 0.2) is 0 Å². The van der Waals surface area contributed by atoms with Crippen molar-refractivity contribution in [3.8, 4) is 0 Å². The molecule has 4 nitrogen and oxygen atoms in total. The SMILES string of the molecule is COCC(C(C)C)N1C(=O)CNC1c1ccccc1F. The summed E-state index contributed by atoms with van der Waals surface area (Å²) in [6.07, 6.45) is -0.425. The van der Waals surface area contributed by atoms with Gasteiger partial charge in [0.2, 0.25) is 5.91 Å². The molecular weight excluding hydrogens is 259 g/mol. The molecule has 1 aromatic carbocycles. The van der Waals surface area contributed by atoms with E-state index in [1.807, 2.05) is 13.8 Å². The molecule has 2 rings (SSSR count). The molecule has 1 aliphatic rings. The number of nitrogens with zero attached hydrogens (tertiary/aromatic N) is 1. The van der Waals surface area contributed by atoms with Gasteiger partial charge in [0.05, 0.1) is 19.2 Å². The lowest BCUT2D eigenvalue weighted by molar-refractivity contribution is -0.132. The van der Waals surface area contributed by atoms with Crippen molar-refractivity contribution >= 4 is 5.91 Å². The standard InChI is InChI=1S/C15H21FN2O2/c1-10(2)13(9-20-3)18-14(19)8-17-15(18)11-6-4-5-7-12(11)16/h4-7,10,13,15,17H,8-9H2,1-3H3. The zero-order valence-corrected chi connectivity index (χ0v) is 12.1. The molecule has 1 saturated heterocycles. The zero-order chi connectivity index (χ0) is 14.7. The summed E-state index contributed by atoms with van der Waals surface area (Å²) in [6.45, 7) is 4.74. The number of nitrogens with one attached hydrogen (secondary N) is 1. The maximum absolute atomic E-state index is 14.0. The lowest BCUT2D eigenvalue weighted by atomic mass is 10.0. The second-order valence-electron chi connectivity index (χ2n) is 5.37. The zero-order valence-electron chi connectivity index (χ0n) is 12.1. The second kappa shape index (κ2) is 6.33. The van der Waals surface area contributed by atoms with Crippen LogP contribution in [0.4, 0.5) is 4.39 Å². The van der Waals surface area contributed by atoms with Gasteiger partial charge in [-0.15, -0.1) is 0 Å².